The fourth-order valence-electron chi connectivity index (χ4n) is 2.52. The van der Waals surface area contributed by atoms with E-state index in [1.165, 1.54) is 36.9 Å². The van der Waals surface area contributed by atoms with Crippen LogP contribution in [0.2, 0.25) is 0 Å². The molecule has 1 aromatic carbocycles. The molecular formula is C15H21N3. The van der Waals surface area contributed by atoms with Crippen LogP contribution < -0.4 is 10.6 Å². The monoisotopic (exact) mass is 243 g/mol. The SMILES string of the molecule is Cc1ccc(N(CC2CC2)C2CC2)c(C(=N)N)c1. The maximum absolute atomic E-state index is 7.78. The van der Waals surface area contributed by atoms with E-state index >= 15 is 0 Å². The van der Waals surface area contributed by atoms with Crippen LogP contribution in [0.5, 0.6) is 0 Å². The largest absolute Gasteiger partial charge is 0.384 e. The van der Waals surface area contributed by atoms with E-state index in [-0.39, 0.29) is 5.84 Å². The lowest BCUT2D eigenvalue weighted by molar-refractivity contribution is 0.718. The highest BCUT2D eigenvalue weighted by Gasteiger charge is 2.34. The Morgan fingerprint density at radius 2 is 2.06 bits per heavy atom. The lowest BCUT2D eigenvalue weighted by Gasteiger charge is -2.27. The lowest BCUT2D eigenvalue weighted by Crippen LogP contribution is -2.30. The van der Waals surface area contributed by atoms with Gasteiger partial charge in [-0.25, -0.2) is 0 Å². The summed E-state index contributed by atoms with van der Waals surface area (Å²) in [5, 5.41) is 7.78. The average Bonchev–Trinajstić information content (AvgIpc) is 3.19. The van der Waals surface area contributed by atoms with Crippen LogP contribution in [0.4, 0.5) is 5.69 Å². The average molecular weight is 243 g/mol. The highest BCUT2D eigenvalue weighted by Crippen LogP contribution is 2.38. The van der Waals surface area contributed by atoms with Crippen LogP contribution in [-0.2, 0) is 0 Å². The molecule has 2 fully saturated rings. The Morgan fingerprint density at radius 1 is 1.33 bits per heavy atom. The first-order chi connectivity index (χ1) is 8.65. The van der Waals surface area contributed by atoms with Gasteiger partial charge in [-0.05, 0) is 50.7 Å². The fraction of sp³-hybridized carbons (Fsp3) is 0.533. The minimum Gasteiger partial charge on any atom is -0.384 e. The van der Waals surface area contributed by atoms with Gasteiger partial charge in [-0.15, -0.1) is 0 Å². The van der Waals surface area contributed by atoms with Gasteiger partial charge >= 0.3 is 0 Å². The third kappa shape index (κ3) is 2.35. The van der Waals surface area contributed by atoms with Crippen LogP contribution in [0.3, 0.4) is 0 Å². The standard InChI is InChI=1S/C15H21N3/c1-10-2-7-14(13(8-10)15(16)17)18(12-5-6-12)9-11-3-4-11/h2,7-8,11-12H,3-6,9H2,1H3,(H3,16,17). The molecule has 2 aliphatic carbocycles. The topological polar surface area (TPSA) is 53.1 Å². The number of rotatable bonds is 5. The van der Waals surface area contributed by atoms with E-state index in [0.29, 0.717) is 6.04 Å². The molecule has 0 aromatic heterocycles. The van der Waals surface area contributed by atoms with Crippen molar-refractivity contribution in [2.75, 3.05) is 11.4 Å². The molecule has 3 rings (SSSR count). The maximum atomic E-state index is 7.78. The first kappa shape index (κ1) is 11.6. The molecule has 18 heavy (non-hydrogen) atoms. The highest BCUT2D eigenvalue weighted by molar-refractivity contribution is 6.00. The molecular weight excluding hydrogens is 222 g/mol. The first-order valence-corrected chi connectivity index (χ1v) is 6.87. The van der Waals surface area contributed by atoms with E-state index in [9.17, 15) is 0 Å². The second-order valence-corrected chi connectivity index (χ2v) is 5.76. The Morgan fingerprint density at radius 3 is 2.61 bits per heavy atom. The minimum atomic E-state index is 0.190. The van der Waals surface area contributed by atoms with Gasteiger partial charge in [-0.1, -0.05) is 11.6 Å². The maximum Gasteiger partial charge on any atom is 0.124 e. The molecule has 2 aliphatic rings. The Kier molecular flexibility index (Phi) is 2.77. The smallest absolute Gasteiger partial charge is 0.124 e. The van der Waals surface area contributed by atoms with Gasteiger partial charge in [-0.3, -0.25) is 5.41 Å². The van der Waals surface area contributed by atoms with E-state index in [1.807, 2.05) is 6.07 Å². The molecule has 0 heterocycles. The van der Waals surface area contributed by atoms with E-state index in [4.69, 9.17) is 11.1 Å². The summed E-state index contributed by atoms with van der Waals surface area (Å²) >= 11 is 0. The number of aryl methyl sites for hydroxylation is 1. The number of benzene rings is 1. The number of nitrogens with two attached hydrogens (primary N) is 1. The van der Waals surface area contributed by atoms with Gasteiger partial charge in [0.05, 0.1) is 0 Å². The summed E-state index contributed by atoms with van der Waals surface area (Å²) in [5.74, 6) is 1.06. The van der Waals surface area contributed by atoms with Crippen molar-refractivity contribution in [1.82, 2.24) is 0 Å². The third-order valence-corrected chi connectivity index (χ3v) is 3.89. The normalized spacial score (nSPS) is 18.7. The second-order valence-electron chi connectivity index (χ2n) is 5.76. The Bertz CT molecular complexity index is 473. The zero-order valence-corrected chi connectivity index (χ0v) is 10.9. The van der Waals surface area contributed by atoms with E-state index in [0.717, 1.165) is 18.0 Å². The van der Waals surface area contributed by atoms with Crippen LogP contribution >= 0.6 is 0 Å². The van der Waals surface area contributed by atoms with Crippen molar-refractivity contribution in [2.24, 2.45) is 11.7 Å². The Balaban J connectivity index is 1.93. The summed E-state index contributed by atoms with van der Waals surface area (Å²) < 4.78 is 0. The first-order valence-electron chi connectivity index (χ1n) is 6.87. The van der Waals surface area contributed by atoms with Crippen LogP contribution in [0.1, 0.15) is 36.8 Å². The number of hydrogen-bond acceptors (Lipinski definition) is 2. The number of anilines is 1. The molecule has 96 valence electrons. The third-order valence-electron chi connectivity index (χ3n) is 3.89. The van der Waals surface area contributed by atoms with Crippen molar-refractivity contribution >= 4 is 11.5 Å². The molecule has 2 saturated carbocycles. The van der Waals surface area contributed by atoms with Crippen molar-refractivity contribution < 1.29 is 0 Å². The molecule has 0 amide bonds. The fourth-order valence-corrected chi connectivity index (χ4v) is 2.52. The highest BCUT2D eigenvalue weighted by atomic mass is 15.2. The number of nitrogens with one attached hydrogen (secondary N) is 1. The summed E-state index contributed by atoms with van der Waals surface area (Å²) in [4.78, 5) is 2.49. The van der Waals surface area contributed by atoms with Gasteiger partial charge in [0, 0.05) is 23.8 Å². The van der Waals surface area contributed by atoms with Gasteiger partial charge in [0.25, 0.3) is 0 Å². The number of hydrogen-bond donors (Lipinski definition) is 2. The van der Waals surface area contributed by atoms with E-state index in [2.05, 4.69) is 24.0 Å². The van der Waals surface area contributed by atoms with Crippen LogP contribution in [0, 0.1) is 18.3 Å². The van der Waals surface area contributed by atoms with Gasteiger partial charge in [0.15, 0.2) is 0 Å². The van der Waals surface area contributed by atoms with Crippen LogP contribution in [-0.4, -0.2) is 18.4 Å². The summed E-state index contributed by atoms with van der Waals surface area (Å²) in [7, 11) is 0. The van der Waals surface area contributed by atoms with Gasteiger partial charge < -0.3 is 10.6 Å². The molecule has 0 radical (unpaired) electrons. The number of amidine groups is 1. The Labute approximate surface area is 108 Å². The van der Waals surface area contributed by atoms with Crippen LogP contribution in [0.15, 0.2) is 18.2 Å². The lowest BCUT2D eigenvalue weighted by atomic mass is 10.1. The second kappa shape index (κ2) is 4.30. The van der Waals surface area contributed by atoms with Gasteiger partial charge in [0.1, 0.15) is 5.84 Å². The molecule has 0 unspecified atom stereocenters. The zero-order valence-electron chi connectivity index (χ0n) is 10.9. The molecule has 3 nitrogen and oxygen atoms in total. The summed E-state index contributed by atoms with van der Waals surface area (Å²) in [6.07, 6.45) is 5.31. The quantitative estimate of drug-likeness (QED) is 0.617. The van der Waals surface area contributed by atoms with Gasteiger partial charge in [0.2, 0.25) is 0 Å². The predicted molar refractivity (Wildman–Crippen MR) is 75.3 cm³/mol. The van der Waals surface area contributed by atoms with E-state index in [1.54, 1.807) is 0 Å². The van der Waals surface area contributed by atoms with Gasteiger partial charge in [-0.2, -0.15) is 0 Å². The van der Waals surface area contributed by atoms with Crippen LogP contribution in [0.25, 0.3) is 0 Å². The predicted octanol–water partition coefficient (Wildman–Crippen LogP) is 2.66. The summed E-state index contributed by atoms with van der Waals surface area (Å²) in [5.41, 5.74) is 8.99. The molecule has 0 atom stereocenters. The Hall–Kier alpha value is -1.51. The van der Waals surface area contributed by atoms with Crippen molar-refractivity contribution in [3.63, 3.8) is 0 Å². The molecule has 0 saturated heterocycles. The van der Waals surface area contributed by atoms with Crippen molar-refractivity contribution in [3.8, 4) is 0 Å². The van der Waals surface area contributed by atoms with Crippen molar-refractivity contribution in [2.45, 2.75) is 38.6 Å². The summed E-state index contributed by atoms with van der Waals surface area (Å²) in [6.45, 7) is 3.20. The molecule has 3 N–H and O–H groups in total. The number of nitrogens with zero attached hydrogens (tertiary/aromatic N) is 1. The molecule has 0 spiro atoms. The van der Waals surface area contributed by atoms with Crippen molar-refractivity contribution in [3.05, 3.63) is 29.3 Å². The molecule has 3 heteroatoms. The summed E-state index contributed by atoms with van der Waals surface area (Å²) in [6, 6.07) is 7.00. The number of nitrogen functional groups attached to an aromatic ring is 1. The van der Waals surface area contributed by atoms with Crippen molar-refractivity contribution in [1.29, 1.82) is 5.41 Å². The molecule has 0 bridgehead atoms. The zero-order chi connectivity index (χ0) is 12.7. The molecule has 1 aromatic rings. The minimum absolute atomic E-state index is 0.190. The molecule has 0 aliphatic heterocycles. The van der Waals surface area contributed by atoms with E-state index < -0.39 is 0 Å².